The number of hydrogen-bond acceptors (Lipinski definition) is 3. The molecule has 0 bridgehead atoms. The lowest BCUT2D eigenvalue weighted by molar-refractivity contribution is -0.142. The topological polar surface area (TPSA) is 58.4 Å². The van der Waals surface area contributed by atoms with Gasteiger partial charge in [-0.25, -0.2) is 4.98 Å². The van der Waals surface area contributed by atoms with Gasteiger partial charge in [0.2, 0.25) is 0 Å². The average Bonchev–Trinajstić information content (AvgIpc) is 3.04. The van der Waals surface area contributed by atoms with E-state index in [-0.39, 0.29) is 5.52 Å². The van der Waals surface area contributed by atoms with Crippen molar-refractivity contribution in [1.29, 1.82) is 0 Å². The van der Waals surface area contributed by atoms with Gasteiger partial charge in [0.25, 0.3) is 0 Å². The van der Waals surface area contributed by atoms with Crippen LogP contribution in [0, 0.1) is 0 Å². The molecule has 124 valence electrons. The minimum absolute atomic E-state index is 0.267. The van der Waals surface area contributed by atoms with Gasteiger partial charge in [0.1, 0.15) is 11.9 Å². The summed E-state index contributed by atoms with van der Waals surface area (Å²) in [5.41, 5.74) is 0.127. The van der Waals surface area contributed by atoms with Crippen LogP contribution < -0.4 is 0 Å². The van der Waals surface area contributed by atoms with Gasteiger partial charge in [-0.05, 0) is 37.6 Å². The Morgan fingerprint density at radius 3 is 2.83 bits per heavy atom. The molecular formula is C15H16F3N3O2. The van der Waals surface area contributed by atoms with E-state index in [9.17, 15) is 23.1 Å². The van der Waals surface area contributed by atoms with E-state index in [0.717, 1.165) is 18.6 Å². The lowest BCUT2D eigenvalue weighted by Crippen LogP contribution is -2.36. The van der Waals surface area contributed by atoms with E-state index in [2.05, 4.69) is 4.98 Å². The Balaban J connectivity index is 1.93. The molecule has 2 aromatic rings. The summed E-state index contributed by atoms with van der Waals surface area (Å²) >= 11 is 0. The molecule has 8 heteroatoms. The van der Waals surface area contributed by atoms with E-state index >= 15 is 0 Å². The monoisotopic (exact) mass is 327 g/mol. The Labute approximate surface area is 130 Å². The summed E-state index contributed by atoms with van der Waals surface area (Å²) in [6.07, 6.45) is -3.04. The zero-order chi connectivity index (χ0) is 16.8. The van der Waals surface area contributed by atoms with Crippen LogP contribution in [0.5, 0.6) is 0 Å². The number of halogens is 3. The van der Waals surface area contributed by atoms with Gasteiger partial charge >= 0.3 is 12.1 Å². The summed E-state index contributed by atoms with van der Waals surface area (Å²) in [5.74, 6) is -0.312. The van der Waals surface area contributed by atoms with Crippen LogP contribution in [0.2, 0.25) is 0 Å². The molecule has 23 heavy (non-hydrogen) atoms. The molecule has 1 aromatic carbocycles. The standard InChI is InChI=1S/C15H16F3N3O2/c1-20-11-5-4-9(15(16,17)18)7-10(11)19-13(20)8-21-6-2-3-12(21)14(22)23/h4-5,7,12H,2-3,6,8H2,1H3,(H,22,23). The summed E-state index contributed by atoms with van der Waals surface area (Å²) in [7, 11) is 1.73. The highest BCUT2D eigenvalue weighted by molar-refractivity contribution is 5.77. The fourth-order valence-corrected chi connectivity index (χ4v) is 3.04. The maximum absolute atomic E-state index is 12.8. The molecule has 1 N–H and O–H groups in total. The Hall–Kier alpha value is -2.09. The van der Waals surface area contributed by atoms with E-state index in [1.807, 2.05) is 0 Å². The summed E-state index contributed by atoms with van der Waals surface area (Å²) in [4.78, 5) is 17.3. The molecule has 5 nitrogen and oxygen atoms in total. The number of carbonyl (C=O) groups is 1. The maximum atomic E-state index is 12.8. The Kier molecular flexibility index (Phi) is 3.79. The molecule has 0 spiro atoms. The number of carboxylic acid groups (broad SMARTS) is 1. The molecule has 0 radical (unpaired) electrons. The molecule has 1 atom stereocenters. The Morgan fingerprint density at radius 2 is 2.17 bits per heavy atom. The number of nitrogens with zero attached hydrogens (tertiary/aromatic N) is 3. The van der Waals surface area contributed by atoms with Crippen molar-refractivity contribution in [3.05, 3.63) is 29.6 Å². The van der Waals surface area contributed by atoms with Gasteiger partial charge in [-0.3, -0.25) is 9.69 Å². The normalized spacial score (nSPS) is 19.6. The second kappa shape index (κ2) is 5.52. The molecule has 1 saturated heterocycles. The van der Waals surface area contributed by atoms with Crippen LogP contribution in [0.1, 0.15) is 24.2 Å². The van der Waals surface area contributed by atoms with Crippen molar-refractivity contribution in [2.24, 2.45) is 7.05 Å². The highest BCUT2D eigenvalue weighted by Gasteiger charge is 2.32. The summed E-state index contributed by atoms with van der Waals surface area (Å²) in [6.45, 7) is 0.956. The first-order valence-corrected chi connectivity index (χ1v) is 7.27. The number of alkyl halides is 3. The van der Waals surface area contributed by atoms with Gasteiger partial charge in [-0.15, -0.1) is 0 Å². The van der Waals surface area contributed by atoms with Gasteiger partial charge < -0.3 is 9.67 Å². The number of hydrogen-bond donors (Lipinski definition) is 1. The van der Waals surface area contributed by atoms with Crippen LogP contribution in [0.15, 0.2) is 18.2 Å². The fraction of sp³-hybridized carbons (Fsp3) is 0.467. The second-order valence-electron chi connectivity index (χ2n) is 5.76. The molecule has 0 saturated carbocycles. The number of carboxylic acids is 1. The molecule has 1 unspecified atom stereocenters. The van der Waals surface area contributed by atoms with Crippen molar-refractivity contribution in [3.8, 4) is 0 Å². The zero-order valence-electron chi connectivity index (χ0n) is 12.5. The molecule has 1 aromatic heterocycles. The average molecular weight is 327 g/mol. The number of aliphatic carboxylic acids is 1. The Morgan fingerprint density at radius 1 is 1.43 bits per heavy atom. The van der Waals surface area contributed by atoms with Crippen LogP contribution in [-0.4, -0.2) is 38.1 Å². The lowest BCUT2D eigenvalue weighted by Gasteiger charge is -2.20. The predicted octanol–water partition coefficient (Wildman–Crippen LogP) is 2.64. The highest BCUT2D eigenvalue weighted by Crippen LogP contribution is 2.31. The van der Waals surface area contributed by atoms with Crippen molar-refractivity contribution >= 4 is 17.0 Å². The Bertz CT molecular complexity index is 754. The lowest BCUT2D eigenvalue weighted by atomic mass is 10.2. The number of benzene rings is 1. The number of aryl methyl sites for hydroxylation is 1. The molecular weight excluding hydrogens is 311 g/mol. The van der Waals surface area contributed by atoms with Crippen molar-refractivity contribution < 1.29 is 23.1 Å². The third kappa shape index (κ3) is 2.90. The van der Waals surface area contributed by atoms with E-state index < -0.39 is 23.8 Å². The van der Waals surface area contributed by atoms with E-state index in [1.165, 1.54) is 6.07 Å². The minimum atomic E-state index is -4.41. The molecule has 0 aliphatic carbocycles. The van der Waals surface area contributed by atoms with Crippen LogP contribution >= 0.6 is 0 Å². The van der Waals surface area contributed by atoms with Crippen LogP contribution in [0.25, 0.3) is 11.0 Å². The van der Waals surface area contributed by atoms with E-state index in [0.29, 0.717) is 30.9 Å². The van der Waals surface area contributed by atoms with Crippen molar-refractivity contribution in [3.63, 3.8) is 0 Å². The van der Waals surface area contributed by atoms with Crippen molar-refractivity contribution in [2.75, 3.05) is 6.54 Å². The van der Waals surface area contributed by atoms with E-state index in [1.54, 1.807) is 16.5 Å². The third-order valence-corrected chi connectivity index (χ3v) is 4.29. The highest BCUT2D eigenvalue weighted by atomic mass is 19.4. The molecule has 2 heterocycles. The zero-order valence-corrected chi connectivity index (χ0v) is 12.5. The predicted molar refractivity (Wildman–Crippen MR) is 76.8 cm³/mol. The SMILES string of the molecule is Cn1c(CN2CCCC2C(=O)O)nc2cc(C(F)(F)F)ccc21. The van der Waals surface area contributed by atoms with Gasteiger partial charge in [0.15, 0.2) is 0 Å². The van der Waals surface area contributed by atoms with Gasteiger partial charge in [-0.1, -0.05) is 0 Å². The van der Waals surface area contributed by atoms with Gasteiger partial charge in [-0.2, -0.15) is 13.2 Å². The molecule has 1 fully saturated rings. The maximum Gasteiger partial charge on any atom is 0.416 e. The number of rotatable bonds is 3. The van der Waals surface area contributed by atoms with Gasteiger partial charge in [0, 0.05) is 7.05 Å². The molecule has 1 aliphatic rings. The molecule has 1 aliphatic heterocycles. The third-order valence-electron chi connectivity index (χ3n) is 4.29. The minimum Gasteiger partial charge on any atom is -0.480 e. The first-order chi connectivity index (χ1) is 10.8. The quantitative estimate of drug-likeness (QED) is 0.941. The summed E-state index contributed by atoms with van der Waals surface area (Å²) in [5, 5.41) is 9.20. The van der Waals surface area contributed by atoms with Crippen molar-refractivity contribution in [2.45, 2.75) is 31.6 Å². The number of fused-ring (bicyclic) bond motifs is 1. The summed E-state index contributed by atoms with van der Waals surface area (Å²) in [6, 6.07) is 2.90. The van der Waals surface area contributed by atoms with Crippen LogP contribution in [0.4, 0.5) is 13.2 Å². The molecule has 3 rings (SSSR count). The largest absolute Gasteiger partial charge is 0.480 e. The van der Waals surface area contributed by atoms with Crippen LogP contribution in [-0.2, 0) is 24.6 Å². The number of aromatic nitrogens is 2. The first-order valence-electron chi connectivity index (χ1n) is 7.27. The number of likely N-dealkylation sites (tertiary alicyclic amines) is 1. The summed E-state index contributed by atoms with van der Waals surface area (Å²) < 4.78 is 40.1. The van der Waals surface area contributed by atoms with Crippen molar-refractivity contribution in [1.82, 2.24) is 14.5 Å². The smallest absolute Gasteiger partial charge is 0.416 e. The fourth-order valence-electron chi connectivity index (χ4n) is 3.04. The molecule has 0 amide bonds. The van der Waals surface area contributed by atoms with E-state index in [4.69, 9.17) is 0 Å². The van der Waals surface area contributed by atoms with Gasteiger partial charge in [0.05, 0.1) is 23.1 Å². The van der Waals surface area contributed by atoms with Crippen LogP contribution in [0.3, 0.4) is 0 Å². The first kappa shape index (κ1) is 15.8. The second-order valence-corrected chi connectivity index (χ2v) is 5.76. The number of imidazole rings is 1.